The van der Waals surface area contributed by atoms with E-state index in [1.807, 2.05) is 35.7 Å². The fraction of sp³-hybridized carbons (Fsp3) is 0.130. The zero-order chi connectivity index (χ0) is 24.1. The zero-order valence-corrected chi connectivity index (χ0v) is 19.3. The van der Waals surface area contributed by atoms with Crippen LogP contribution in [0.15, 0.2) is 74.5 Å². The lowest BCUT2D eigenvalue weighted by Crippen LogP contribution is -2.12. The monoisotopic (exact) mass is 480 g/mol. The minimum absolute atomic E-state index is 0.220. The number of aromatic nitrogens is 1. The van der Waals surface area contributed by atoms with Gasteiger partial charge in [-0.2, -0.15) is 5.10 Å². The first-order chi connectivity index (χ1) is 16.5. The van der Waals surface area contributed by atoms with E-state index in [4.69, 9.17) is 23.6 Å². The second kappa shape index (κ2) is 10.0. The lowest BCUT2D eigenvalue weighted by Gasteiger charge is -2.11. The summed E-state index contributed by atoms with van der Waals surface area (Å²) in [4.78, 5) is 15.6. The van der Waals surface area contributed by atoms with Crippen molar-refractivity contribution in [3.05, 3.63) is 80.7 Å². The number of nitrogens with zero attached hydrogens (tertiary/aromatic N) is 4. The van der Waals surface area contributed by atoms with Crippen LogP contribution in [-0.4, -0.2) is 37.1 Å². The van der Waals surface area contributed by atoms with Gasteiger partial charge >= 0.3 is 5.88 Å². The first-order valence-corrected chi connectivity index (χ1v) is 10.8. The molecule has 0 saturated heterocycles. The second-order valence-electron chi connectivity index (χ2n) is 6.74. The van der Waals surface area contributed by atoms with Gasteiger partial charge in [0.05, 0.1) is 39.3 Å². The number of para-hydroxylation sites is 2. The van der Waals surface area contributed by atoms with Crippen molar-refractivity contribution in [2.24, 2.45) is 10.1 Å². The van der Waals surface area contributed by atoms with Crippen LogP contribution in [-0.2, 0) is 0 Å². The third-order valence-corrected chi connectivity index (χ3v) is 5.58. The van der Waals surface area contributed by atoms with Crippen molar-refractivity contribution < 1.29 is 23.6 Å². The molecule has 2 aromatic carbocycles. The fourth-order valence-electron chi connectivity index (χ4n) is 3.14. The lowest BCUT2D eigenvalue weighted by atomic mass is 10.1. The number of furan rings is 1. The molecule has 0 N–H and O–H groups in total. The molecule has 0 amide bonds. The Hall–Kier alpha value is -4.38. The summed E-state index contributed by atoms with van der Waals surface area (Å²) in [6.45, 7) is 0. The van der Waals surface area contributed by atoms with E-state index in [0.717, 1.165) is 5.56 Å². The molecule has 0 aliphatic rings. The van der Waals surface area contributed by atoms with E-state index < -0.39 is 4.92 Å². The smallest absolute Gasteiger partial charge is 0.433 e. The van der Waals surface area contributed by atoms with Gasteiger partial charge < -0.3 is 18.6 Å². The molecule has 0 atom stereocenters. The maximum Gasteiger partial charge on any atom is 0.433 e. The Labute approximate surface area is 198 Å². The predicted molar refractivity (Wildman–Crippen MR) is 127 cm³/mol. The van der Waals surface area contributed by atoms with Crippen LogP contribution < -0.4 is 19.0 Å². The molecule has 0 bridgehead atoms. The van der Waals surface area contributed by atoms with E-state index in [1.54, 1.807) is 38.1 Å². The van der Waals surface area contributed by atoms with E-state index in [-0.39, 0.29) is 11.6 Å². The number of ether oxygens (including phenoxy) is 3. The van der Waals surface area contributed by atoms with E-state index in [0.29, 0.717) is 33.4 Å². The molecule has 0 radical (unpaired) electrons. The van der Waals surface area contributed by atoms with Crippen LogP contribution in [0.5, 0.6) is 17.2 Å². The maximum absolute atomic E-state index is 10.9. The van der Waals surface area contributed by atoms with Crippen LogP contribution in [0.1, 0.15) is 5.76 Å². The molecular weight excluding hydrogens is 460 g/mol. The summed E-state index contributed by atoms with van der Waals surface area (Å²) >= 11 is 1.35. The molecule has 0 spiro atoms. The Kier molecular flexibility index (Phi) is 6.74. The molecular formula is C23H20N4O6S. The minimum Gasteiger partial charge on any atom is -0.497 e. The third kappa shape index (κ3) is 4.69. The van der Waals surface area contributed by atoms with Gasteiger partial charge in [-0.3, -0.25) is 10.1 Å². The van der Waals surface area contributed by atoms with E-state index >= 15 is 0 Å². The molecule has 0 aliphatic carbocycles. The van der Waals surface area contributed by atoms with Gasteiger partial charge in [0.15, 0.2) is 5.76 Å². The quantitative estimate of drug-likeness (QED) is 0.202. The normalized spacial score (nSPS) is 11.7. The van der Waals surface area contributed by atoms with E-state index in [1.165, 1.54) is 29.7 Å². The standard InChI is InChI=1S/C23H20N4O6S/c1-30-15-8-10-20(31-2)17(12-15)19-14-34-23(25-18-6-4-5-7-21(18)32-3)26(19)24-13-16-9-11-22(33-16)27(28)29/h4-14H,1-3H3. The molecule has 34 heavy (non-hydrogen) atoms. The minimum atomic E-state index is -0.607. The first-order valence-electron chi connectivity index (χ1n) is 9.93. The largest absolute Gasteiger partial charge is 0.497 e. The number of hydrogen-bond donors (Lipinski definition) is 0. The molecule has 4 aromatic rings. The van der Waals surface area contributed by atoms with Crippen molar-refractivity contribution in [3.63, 3.8) is 0 Å². The maximum atomic E-state index is 10.9. The number of benzene rings is 2. The molecule has 2 aromatic heterocycles. The van der Waals surface area contributed by atoms with Crippen LogP contribution in [0, 0.1) is 10.1 Å². The Morgan fingerprint density at radius 2 is 1.82 bits per heavy atom. The molecule has 174 valence electrons. The molecule has 0 saturated carbocycles. The van der Waals surface area contributed by atoms with Crippen LogP contribution in [0.3, 0.4) is 0 Å². The van der Waals surface area contributed by atoms with Gasteiger partial charge in [0, 0.05) is 10.9 Å². The van der Waals surface area contributed by atoms with Gasteiger partial charge in [0.1, 0.15) is 27.9 Å². The van der Waals surface area contributed by atoms with Gasteiger partial charge in [0.25, 0.3) is 0 Å². The van der Waals surface area contributed by atoms with Crippen molar-refractivity contribution in [3.8, 4) is 28.5 Å². The molecule has 0 aliphatic heterocycles. The van der Waals surface area contributed by atoms with Crippen LogP contribution in [0.2, 0.25) is 0 Å². The SMILES string of the molecule is COc1ccc(OC)c(-c2csc(=Nc3ccccc3OC)n2N=Cc2ccc([N+](=O)[O-])o2)c1. The number of nitro groups is 1. The van der Waals surface area contributed by atoms with Gasteiger partial charge in [-0.05, 0) is 36.4 Å². The van der Waals surface area contributed by atoms with Crippen molar-refractivity contribution in [2.45, 2.75) is 0 Å². The second-order valence-corrected chi connectivity index (χ2v) is 7.58. The summed E-state index contributed by atoms with van der Waals surface area (Å²) < 4.78 is 23.2. The Morgan fingerprint density at radius 3 is 2.53 bits per heavy atom. The van der Waals surface area contributed by atoms with Gasteiger partial charge in [0.2, 0.25) is 4.80 Å². The van der Waals surface area contributed by atoms with Gasteiger partial charge in [-0.25, -0.2) is 9.67 Å². The Morgan fingerprint density at radius 1 is 1.03 bits per heavy atom. The molecule has 0 fully saturated rings. The Balaban J connectivity index is 1.90. The highest BCUT2D eigenvalue weighted by Crippen LogP contribution is 2.34. The molecule has 2 heterocycles. The van der Waals surface area contributed by atoms with Crippen molar-refractivity contribution in [1.29, 1.82) is 0 Å². The predicted octanol–water partition coefficient (Wildman–Crippen LogP) is 4.86. The average Bonchev–Trinajstić information content (AvgIpc) is 3.50. The van der Waals surface area contributed by atoms with Crippen molar-refractivity contribution >= 4 is 29.1 Å². The van der Waals surface area contributed by atoms with Crippen LogP contribution in [0.4, 0.5) is 11.6 Å². The highest BCUT2D eigenvalue weighted by molar-refractivity contribution is 7.07. The topological polar surface area (TPSA) is 114 Å². The van der Waals surface area contributed by atoms with E-state index in [9.17, 15) is 10.1 Å². The first kappa shape index (κ1) is 22.8. The molecule has 10 nitrogen and oxygen atoms in total. The van der Waals surface area contributed by atoms with Crippen molar-refractivity contribution in [1.82, 2.24) is 4.68 Å². The third-order valence-electron chi connectivity index (χ3n) is 4.76. The zero-order valence-electron chi connectivity index (χ0n) is 18.5. The van der Waals surface area contributed by atoms with Crippen LogP contribution >= 0.6 is 11.3 Å². The molecule has 0 unspecified atom stereocenters. The summed E-state index contributed by atoms with van der Waals surface area (Å²) in [6.07, 6.45) is 1.39. The number of hydrogen-bond acceptors (Lipinski definition) is 9. The number of rotatable bonds is 8. The van der Waals surface area contributed by atoms with Gasteiger partial charge in [-0.1, -0.05) is 12.1 Å². The highest BCUT2D eigenvalue weighted by Gasteiger charge is 2.15. The summed E-state index contributed by atoms with van der Waals surface area (Å²) in [5, 5.41) is 17.4. The molecule has 11 heteroatoms. The summed E-state index contributed by atoms with van der Waals surface area (Å²) in [7, 11) is 4.73. The summed E-state index contributed by atoms with van der Waals surface area (Å²) in [6, 6.07) is 15.5. The van der Waals surface area contributed by atoms with Gasteiger partial charge in [-0.15, -0.1) is 11.3 Å². The number of methoxy groups -OCH3 is 3. The Bertz CT molecular complexity index is 1420. The summed E-state index contributed by atoms with van der Waals surface area (Å²) in [5.41, 5.74) is 2.02. The number of thiazole rings is 1. The molecule has 4 rings (SSSR count). The highest BCUT2D eigenvalue weighted by atomic mass is 32.1. The lowest BCUT2D eigenvalue weighted by molar-refractivity contribution is -0.402. The van der Waals surface area contributed by atoms with Crippen LogP contribution in [0.25, 0.3) is 11.3 Å². The van der Waals surface area contributed by atoms with Crippen molar-refractivity contribution in [2.75, 3.05) is 21.3 Å². The summed E-state index contributed by atoms with van der Waals surface area (Å²) in [5.74, 6) is 1.71. The fourth-order valence-corrected chi connectivity index (χ4v) is 3.98. The average molecular weight is 481 g/mol. The van der Waals surface area contributed by atoms with E-state index in [2.05, 4.69) is 5.10 Å².